The zero-order valence-corrected chi connectivity index (χ0v) is 8.51. The minimum atomic E-state index is -1.10. The van der Waals surface area contributed by atoms with Crippen LogP contribution in [0.15, 0.2) is 24.3 Å². The topological polar surface area (TPSA) is 95.3 Å². The molecule has 86 valence electrons. The minimum absolute atomic E-state index is 0.00454. The Hall–Kier alpha value is -2.11. The minimum Gasteiger partial charge on any atom is -0.550 e. The molecule has 6 nitrogen and oxygen atoms in total. The molecule has 0 unspecified atom stereocenters. The molecule has 0 aromatic heterocycles. The predicted octanol–water partition coefficient (Wildman–Crippen LogP) is 0.537. The first kappa shape index (κ1) is 12.0. The molecule has 0 saturated carbocycles. The molecule has 1 N–H and O–H groups in total. The van der Waals surface area contributed by atoms with Crippen LogP contribution in [-0.4, -0.2) is 17.4 Å². The highest BCUT2D eigenvalue weighted by Gasteiger charge is 2.04. The summed E-state index contributed by atoms with van der Waals surface area (Å²) in [6.45, 7) is 0.440. The molecule has 1 aromatic rings. The van der Waals surface area contributed by atoms with E-state index in [0.717, 1.165) is 0 Å². The average molecular weight is 223 g/mol. The van der Waals surface area contributed by atoms with Crippen LogP contribution in [0.3, 0.4) is 0 Å². The molecule has 0 amide bonds. The maximum atomic E-state index is 10.5. The molecule has 16 heavy (non-hydrogen) atoms. The van der Waals surface area contributed by atoms with Crippen molar-refractivity contribution in [3.63, 3.8) is 0 Å². The monoisotopic (exact) mass is 223 g/mol. The van der Waals surface area contributed by atoms with Crippen LogP contribution in [-0.2, 0) is 4.79 Å². The first-order valence-corrected chi connectivity index (χ1v) is 4.78. The van der Waals surface area contributed by atoms with Crippen molar-refractivity contribution in [2.75, 3.05) is 11.9 Å². The fraction of sp³-hybridized carbons (Fsp3) is 0.300. The summed E-state index contributed by atoms with van der Waals surface area (Å²) in [4.78, 5) is 20.1. The van der Waals surface area contributed by atoms with Crippen molar-refractivity contribution in [1.29, 1.82) is 0 Å². The van der Waals surface area contributed by atoms with Crippen molar-refractivity contribution in [2.45, 2.75) is 12.8 Å². The van der Waals surface area contributed by atoms with Crippen molar-refractivity contribution >= 4 is 17.3 Å². The van der Waals surface area contributed by atoms with Crippen LogP contribution in [0.4, 0.5) is 11.4 Å². The Bertz CT molecular complexity index is 392. The lowest BCUT2D eigenvalue weighted by atomic mass is 10.2. The quantitative estimate of drug-likeness (QED) is 0.431. The Morgan fingerprint density at radius 2 is 2.19 bits per heavy atom. The molecule has 0 aliphatic carbocycles. The smallest absolute Gasteiger partial charge is 0.271 e. The number of carboxylic acid groups (broad SMARTS) is 1. The molecule has 0 radical (unpaired) electrons. The van der Waals surface area contributed by atoms with Crippen LogP contribution in [0.25, 0.3) is 0 Å². The van der Waals surface area contributed by atoms with E-state index in [9.17, 15) is 20.0 Å². The number of nitro groups is 1. The summed E-state index contributed by atoms with van der Waals surface area (Å²) in [6.07, 6.45) is 0.396. The Balaban J connectivity index is 2.45. The van der Waals surface area contributed by atoms with E-state index in [0.29, 0.717) is 18.7 Å². The average Bonchev–Trinajstić information content (AvgIpc) is 2.24. The van der Waals surface area contributed by atoms with Gasteiger partial charge in [-0.05, 0) is 18.9 Å². The van der Waals surface area contributed by atoms with Gasteiger partial charge in [-0.2, -0.15) is 0 Å². The molecule has 0 aliphatic rings. The van der Waals surface area contributed by atoms with E-state index in [2.05, 4.69) is 5.32 Å². The second-order valence-corrected chi connectivity index (χ2v) is 3.21. The number of carbonyl (C=O) groups is 1. The van der Waals surface area contributed by atoms with E-state index < -0.39 is 10.9 Å². The zero-order chi connectivity index (χ0) is 12.0. The van der Waals surface area contributed by atoms with Crippen molar-refractivity contribution in [3.05, 3.63) is 34.4 Å². The van der Waals surface area contributed by atoms with Gasteiger partial charge < -0.3 is 15.2 Å². The van der Waals surface area contributed by atoms with Crippen molar-refractivity contribution in [2.24, 2.45) is 0 Å². The SMILES string of the molecule is O=C([O-])CCCNc1cccc([N+](=O)[O-])c1. The number of benzene rings is 1. The summed E-state index contributed by atoms with van der Waals surface area (Å²) in [5.41, 5.74) is 0.609. The number of nitrogens with zero attached hydrogens (tertiary/aromatic N) is 1. The highest BCUT2D eigenvalue weighted by molar-refractivity contribution is 5.64. The summed E-state index contributed by atoms with van der Waals surface area (Å²) in [6, 6.07) is 6.05. The number of carboxylic acids is 1. The third-order valence-electron chi connectivity index (χ3n) is 1.94. The van der Waals surface area contributed by atoms with Crippen LogP contribution in [0.2, 0.25) is 0 Å². The molecular weight excluding hydrogens is 212 g/mol. The molecule has 1 rings (SSSR count). The fourth-order valence-corrected chi connectivity index (χ4v) is 1.19. The lowest BCUT2D eigenvalue weighted by Crippen LogP contribution is -2.22. The van der Waals surface area contributed by atoms with Crippen LogP contribution in [0, 0.1) is 10.1 Å². The molecule has 0 bridgehead atoms. The summed E-state index contributed by atoms with van der Waals surface area (Å²) in [5.74, 6) is -1.10. The van der Waals surface area contributed by atoms with Gasteiger partial charge in [0.1, 0.15) is 0 Å². The summed E-state index contributed by atoms with van der Waals surface area (Å²) >= 11 is 0. The maximum absolute atomic E-state index is 10.5. The number of hydrogen-bond acceptors (Lipinski definition) is 5. The Labute approximate surface area is 92.0 Å². The molecule has 0 heterocycles. The number of non-ortho nitro benzene ring substituents is 1. The van der Waals surface area contributed by atoms with E-state index in [1.54, 1.807) is 12.1 Å². The van der Waals surface area contributed by atoms with E-state index in [1.807, 2.05) is 0 Å². The summed E-state index contributed by atoms with van der Waals surface area (Å²) in [7, 11) is 0. The zero-order valence-electron chi connectivity index (χ0n) is 8.51. The first-order chi connectivity index (χ1) is 7.59. The van der Waals surface area contributed by atoms with Crippen molar-refractivity contribution in [3.8, 4) is 0 Å². The molecule has 0 saturated heterocycles. The lowest BCUT2D eigenvalue weighted by molar-refractivity contribution is -0.384. The van der Waals surface area contributed by atoms with Crippen LogP contribution >= 0.6 is 0 Å². The summed E-state index contributed by atoms with van der Waals surface area (Å²) in [5, 5.41) is 23.5. The van der Waals surface area contributed by atoms with Crippen molar-refractivity contribution in [1.82, 2.24) is 0 Å². The van der Waals surface area contributed by atoms with Crippen LogP contribution < -0.4 is 10.4 Å². The van der Waals surface area contributed by atoms with Gasteiger partial charge in [-0.3, -0.25) is 10.1 Å². The van der Waals surface area contributed by atoms with Gasteiger partial charge in [0.05, 0.1) is 4.92 Å². The number of anilines is 1. The number of nitrogens with one attached hydrogen (secondary N) is 1. The predicted molar refractivity (Wildman–Crippen MR) is 55.8 cm³/mol. The highest BCUT2D eigenvalue weighted by Crippen LogP contribution is 2.16. The van der Waals surface area contributed by atoms with Gasteiger partial charge in [-0.25, -0.2) is 0 Å². The highest BCUT2D eigenvalue weighted by atomic mass is 16.6. The van der Waals surface area contributed by atoms with Gasteiger partial charge in [-0.1, -0.05) is 6.07 Å². The Morgan fingerprint density at radius 3 is 2.81 bits per heavy atom. The second-order valence-electron chi connectivity index (χ2n) is 3.21. The number of rotatable bonds is 6. The molecule has 0 fully saturated rings. The third kappa shape index (κ3) is 3.95. The largest absolute Gasteiger partial charge is 0.550 e. The van der Waals surface area contributed by atoms with Gasteiger partial charge in [0, 0.05) is 30.3 Å². The molecule has 6 heteroatoms. The van der Waals surface area contributed by atoms with Gasteiger partial charge in [0.15, 0.2) is 0 Å². The standard InChI is InChI=1S/C10H12N2O4/c13-10(14)5-2-6-11-8-3-1-4-9(7-8)12(15)16/h1,3-4,7,11H,2,5-6H2,(H,13,14)/p-1. The van der Waals surface area contributed by atoms with E-state index in [4.69, 9.17) is 0 Å². The summed E-state index contributed by atoms with van der Waals surface area (Å²) < 4.78 is 0. The lowest BCUT2D eigenvalue weighted by Gasteiger charge is -2.06. The van der Waals surface area contributed by atoms with E-state index in [1.165, 1.54) is 12.1 Å². The maximum Gasteiger partial charge on any atom is 0.271 e. The van der Waals surface area contributed by atoms with Gasteiger partial charge >= 0.3 is 0 Å². The number of aliphatic carboxylic acids is 1. The number of carbonyl (C=O) groups excluding carboxylic acids is 1. The normalized spacial score (nSPS) is 9.75. The molecule has 1 aromatic carbocycles. The number of nitro benzene ring substituents is 1. The van der Waals surface area contributed by atoms with Gasteiger partial charge in [0.25, 0.3) is 5.69 Å². The fourth-order valence-electron chi connectivity index (χ4n) is 1.19. The Morgan fingerprint density at radius 1 is 1.44 bits per heavy atom. The molecule has 0 aliphatic heterocycles. The van der Waals surface area contributed by atoms with E-state index in [-0.39, 0.29) is 12.1 Å². The van der Waals surface area contributed by atoms with Crippen LogP contribution in [0.5, 0.6) is 0 Å². The van der Waals surface area contributed by atoms with Gasteiger partial charge in [-0.15, -0.1) is 0 Å². The molecular formula is C10H11N2O4-. The Kier molecular flexibility index (Phi) is 4.26. The van der Waals surface area contributed by atoms with Gasteiger partial charge in [0.2, 0.25) is 0 Å². The van der Waals surface area contributed by atoms with E-state index >= 15 is 0 Å². The van der Waals surface area contributed by atoms with Crippen molar-refractivity contribution < 1.29 is 14.8 Å². The third-order valence-corrected chi connectivity index (χ3v) is 1.94. The first-order valence-electron chi connectivity index (χ1n) is 4.78. The second kappa shape index (κ2) is 5.69. The molecule has 0 atom stereocenters. The molecule has 0 spiro atoms. The number of hydrogen-bond donors (Lipinski definition) is 1. The van der Waals surface area contributed by atoms with Crippen LogP contribution in [0.1, 0.15) is 12.8 Å².